The molecule has 1 rings (SSSR count). The second-order valence-electron chi connectivity index (χ2n) is 4.05. The monoisotopic (exact) mass is 273 g/mol. The predicted octanol–water partition coefficient (Wildman–Crippen LogP) is 2.22. The molecule has 0 saturated carbocycles. The molecule has 3 nitrogen and oxygen atoms in total. The van der Waals surface area contributed by atoms with Gasteiger partial charge < -0.3 is 10.4 Å². The molecule has 0 aliphatic heterocycles. The van der Waals surface area contributed by atoms with Crippen molar-refractivity contribution in [1.29, 1.82) is 0 Å². The summed E-state index contributed by atoms with van der Waals surface area (Å²) in [6, 6.07) is 4.46. The summed E-state index contributed by atoms with van der Waals surface area (Å²) in [6.07, 6.45) is -2.41. The van der Waals surface area contributed by atoms with E-state index in [2.05, 4.69) is 5.32 Å². The van der Waals surface area contributed by atoms with Crippen molar-refractivity contribution in [3.63, 3.8) is 0 Å². The Balaban J connectivity index is 2.60. The molecule has 1 aromatic carbocycles. The number of aliphatic hydroxyl groups excluding tert-OH is 1. The zero-order valence-corrected chi connectivity index (χ0v) is 10.2. The van der Waals surface area contributed by atoms with Crippen LogP contribution in [0.25, 0.3) is 6.08 Å². The van der Waals surface area contributed by atoms with Gasteiger partial charge in [-0.15, -0.1) is 0 Å². The smallest absolute Gasteiger partial charge is 0.392 e. The van der Waals surface area contributed by atoms with Gasteiger partial charge in [0.2, 0.25) is 5.91 Å². The number of benzene rings is 1. The van der Waals surface area contributed by atoms with Crippen molar-refractivity contribution in [1.82, 2.24) is 5.32 Å². The highest BCUT2D eigenvalue weighted by molar-refractivity contribution is 5.91. The molecule has 6 heteroatoms. The second kappa shape index (κ2) is 6.38. The molecular weight excluding hydrogens is 259 g/mol. The summed E-state index contributed by atoms with van der Waals surface area (Å²) in [5.74, 6) is -0.416. The number of halogens is 3. The number of carbonyl (C=O) groups is 1. The number of nitrogens with one attached hydrogen (secondary N) is 1. The molecule has 1 aromatic rings. The van der Waals surface area contributed by atoms with E-state index in [1.807, 2.05) is 0 Å². The molecule has 0 radical (unpaired) electrons. The van der Waals surface area contributed by atoms with Gasteiger partial charge in [-0.3, -0.25) is 4.79 Å². The highest BCUT2D eigenvalue weighted by Crippen LogP contribution is 2.29. The minimum Gasteiger partial charge on any atom is -0.392 e. The van der Waals surface area contributed by atoms with Crippen LogP contribution in [0.5, 0.6) is 0 Å². The molecule has 0 fully saturated rings. The van der Waals surface area contributed by atoms with E-state index in [0.717, 1.165) is 12.1 Å². The summed E-state index contributed by atoms with van der Waals surface area (Å²) in [7, 11) is 0. The van der Waals surface area contributed by atoms with E-state index in [1.54, 1.807) is 0 Å². The fraction of sp³-hybridized carbons (Fsp3) is 0.308. The third kappa shape index (κ3) is 5.56. The van der Waals surface area contributed by atoms with Gasteiger partial charge >= 0.3 is 6.18 Å². The summed E-state index contributed by atoms with van der Waals surface area (Å²) < 4.78 is 36.9. The van der Waals surface area contributed by atoms with E-state index in [4.69, 9.17) is 5.11 Å². The topological polar surface area (TPSA) is 49.3 Å². The molecule has 0 heterocycles. The van der Waals surface area contributed by atoms with Crippen molar-refractivity contribution >= 4 is 12.0 Å². The summed E-state index contributed by atoms with van der Waals surface area (Å²) in [4.78, 5) is 11.3. The molecule has 0 saturated heterocycles. The number of rotatable bonds is 4. The maximum Gasteiger partial charge on any atom is 0.416 e. The summed E-state index contributed by atoms with van der Waals surface area (Å²) in [6.45, 7) is 1.65. The lowest BCUT2D eigenvalue weighted by atomic mass is 10.1. The SMILES string of the molecule is CC(O)CNC(=O)/C=C/c1ccc(C(F)(F)F)cc1. The van der Waals surface area contributed by atoms with Crippen molar-refractivity contribution in [3.8, 4) is 0 Å². The number of amides is 1. The van der Waals surface area contributed by atoms with Gasteiger partial charge in [-0.2, -0.15) is 13.2 Å². The lowest BCUT2D eigenvalue weighted by Gasteiger charge is -2.06. The zero-order valence-electron chi connectivity index (χ0n) is 10.2. The molecule has 1 unspecified atom stereocenters. The fourth-order valence-electron chi connectivity index (χ4n) is 1.26. The van der Waals surface area contributed by atoms with E-state index in [1.165, 1.54) is 31.2 Å². The molecule has 1 atom stereocenters. The van der Waals surface area contributed by atoms with E-state index in [0.29, 0.717) is 5.56 Å². The third-order valence-corrected chi connectivity index (χ3v) is 2.24. The lowest BCUT2D eigenvalue weighted by molar-refractivity contribution is -0.137. The molecular formula is C13H14F3NO2. The van der Waals surface area contributed by atoms with Crippen molar-refractivity contribution in [3.05, 3.63) is 41.5 Å². The quantitative estimate of drug-likeness (QED) is 0.826. The Morgan fingerprint density at radius 2 is 1.95 bits per heavy atom. The van der Waals surface area contributed by atoms with Gasteiger partial charge in [0, 0.05) is 12.6 Å². The largest absolute Gasteiger partial charge is 0.416 e. The molecule has 0 spiro atoms. The Morgan fingerprint density at radius 3 is 2.42 bits per heavy atom. The van der Waals surface area contributed by atoms with Gasteiger partial charge in [0.1, 0.15) is 0 Å². The van der Waals surface area contributed by atoms with Crippen LogP contribution < -0.4 is 5.32 Å². The molecule has 0 aromatic heterocycles. The van der Waals surface area contributed by atoms with Gasteiger partial charge in [-0.1, -0.05) is 12.1 Å². The van der Waals surface area contributed by atoms with Crippen LogP contribution in [0.4, 0.5) is 13.2 Å². The van der Waals surface area contributed by atoms with E-state index < -0.39 is 23.8 Å². The average Bonchev–Trinajstić information content (AvgIpc) is 2.33. The van der Waals surface area contributed by atoms with E-state index >= 15 is 0 Å². The van der Waals surface area contributed by atoms with Gasteiger partial charge in [0.05, 0.1) is 11.7 Å². The first-order chi connectivity index (χ1) is 8.79. The van der Waals surface area contributed by atoms with Crippen LogP contribution in [0.3, 0.4) is 0 Å². The van der Waals surface area contributed by atoms with Crippen LogP contribution in [-0.2, 0) is 11.0 Å². The van der Waals surface area contributed by atoms with Gasteiger partial charge in [-0.05, 0) is 30.7 Å². The second-order valence-corrected chi connectivity index (χ2v) is 4.05. The Morgan fingerprint density at radius 1 is 1.37 bits per heavy atom. The Bertz CT molecular complexity index is 450. The number of aliphatic hydroxyl groups is 1. The molecule has 0 aliphatic carbocycles. The van der Waals surface area contributed by atoms with E-state index in [9.17, 15) is 18.0 Å². The first-order valence-electron chi connectivity index (χ1n) is 5.60. The highest BCUT2D eigenvalue weighted by Gasteiger charge is 2.29. The van der Waals surface area contributed by atoms with Crippen LogP contribution in [0.15, 0.2) is 30.3 Å². The first-order valence-corrected chi connectivity index (χ1v) is 5.60. The lowest BCUT2D eigenvalue weighted by Crippen LogP contribution is -2.28. The van der Waals surface area contributed by atoms with Crippen molar-refractivity contribution in [2.75, 3.05) is 6.54 Å². The number of hydrogen-bond donors (Lipinski definition) is 2. The first kappa shape index (κ1) is 15.2. The number of hydrogen-bond acceptors (Lipinski definition) is 2. The molecule has 104 valence electrons. The average molecular weight is 273 g/mol. The van der Waals surface area contributed by atoms with Gasteiger partial charge in [-0.25, -0.2) is 0 Å². The summed E-state index contributed by atoms with van der Waals surface area (Å²) in [5, 5.41) is 11.4. The van der Waals surface area contributed by atoms with Gasteiger partial charge in [0.15, 0.2) is 0 Å². The predicted molar refractivity (Wildman–Crippen MR) is 65.2 cm³/mol. The van der Waals surface area contributed by atoms with Crippen LogP contribution in [0.2, 0.25) is 0 Å². The van der Waals surface area contributed by atoms with Crippen molar-refractivity contribution < 1.29 is 23.1 Å². The zero-order chi connectivity index (χ0) is 14.5. The molecule has 1 amide bonds. The maximum absolute atomic E-state index is 12.3. The highest BCUT2D eigenvalue weighted by atomic mass is 19.4. The minimum absolute atomic E-state index is 0.121. The van der Waals surface area contributed by atoms with E-state index in [-0.39, 0.29) is 6.54 Å². The fourth-order valence-corrected chi connectivity index (χ4v) is 1.26. The van der Waals surface area contributed by atoms with Crippen LogP contribution in [0.1, 0.15) is 18.1 Å². The molecule has 0 aliphatic rings. The standard InChI is InChI=1S/C13H14F3NO2/c1-9(18)8-17-12(19)7-4-10-2-5-11(6-3-10)13(14,15)16/h2-7,9,18H,8H2,1H3,(H,17,19)/b7-4+. The minimum atomic E-state index is -4.36. The number of alkyl halides is 3. The normalized spacial score (nSPS) is 13.5. The van der Waals surface area contributed by atoms with Crippen molar-refractivity contribution in [2.45, 2.75) is 19.2 Å². The summed E-state index contributed by atoms with van der Waals surface area (Å²) in [5.41, 5.74) is -0.247. The maximum atomic E-state index is 12.3. The number of carbonyl (C=O) groups excluding carboxylic acids is 1. The Hall–Kier alpha value is -1.82. The summed E-state index contributed by atoms with van der Waals surface area (Å²) >= 11 is 0. The van der Waals surface area contributed by atoms with Gasteiger partial charge in [0.25, 0.3) is 0 Å². The molecule has 19 heavy (non-hydrogen) atoms. The van der Waals surface area contributed by atoms with Crippen molar-refractivity contribution in [2.24, 2.45) is 0 Å². The Labute approximate surface area is 108 Å². The molecule has 0 bridgehead atoms. The third-order valence-electron chi connectivity index (χ3n) is 2.24. The Kier molecular flexibility index (Phi) is 5.11. The molecule has 2 N–H and O–H groups in total. The van der Waals surface area contributed by atoms with Crippen LogP contribution in [0, 0.1) is 0 Å². The van der Waals surface area contributed by atoms with Crippen LogP contribution in [-0.4, -0.2) is 23.7 Å². The van der Waals surface area contributed by atoms with Crippen LogP contribution >= 0.6 is 0 Å².